The van der Waals surface area contributed by atoms with Crippen molar-refractivity contribution < 1.29 is 9.53 Å². The van der Waals surface area contributed by atoms with E-state index in [1.807, 2.05) is 14.0 Å². The van der Waals surface area contributed by atoms with Crippen LogP contribution in [0.15, 0.2) is 0 Å². The van der Waals surface area contributed by atoms with E-state index in [0.29, 0.717) is 12.3 Å². The van der Waals surface area contributed by atoms with Gasteiger partial charge in [0.1, 0.15) is 0 Å². The Morgan fingerprint density at radius 3 is 2.68 bits per heavy atom. The van der Waals surface area contributed by atoms with Gasteiger partial charge in [-0.15, -0.1) is 0 Å². The topological polar surface area (TPSA) is 56.1 Å². The van der Waals surface area contributed by atoms with Gasteiger partial charge in [-0.05, 0) is 19.3 Å². The molecule has 106 valence electrons. The molecule has 0 spiro atoms. The fourth-order valence-corrected chi connectivity index (χ4v) is 2.96. The van der Waals surface area contributed by atoms with Crippen LogP contribution in [0.25, 0.3) is 0 Å². The van der Waals surface area contributed by atoms with Crippen molar-refractivity contribution in [2.45, 2.75) is 45.6 Å². The van der Waals surface area contributed by atoms with Crippen molar-refractivity contribution >= 4 is 5.91 Å². The van der Waals surface area contributed by atoms with Gasteiger partial charge in [0.05, 0.1) is 12.8 Å². The van der Waals surface area contributed by atoms with E-state index in [-0.39, 0.29) is 11.4 Å². The maximum Gasteiger partial charge on any atom is 0.220 e. The molecule has 1 aliphatic rings. The van der Waals surface area contributed by atoms with Crippen LogP contribution in [0.5, 0.6) is 5.88 Å². The minimum atomic E-state index is -0.168. The van der Waals surface area contributed by atoms with Crippen molar-refractivity contribution in [3.8, 4) is 5.88 Å². The zero-order chi connectivity index (χ0) is 14.2. The van der Waals surface area contributed by atoms with Crippen molar-refractivity contribution in [2.75, 3.05) is 7.11 Å². The van der Waals surface area contributed by atoms with Gasteiger partial charge in [0, 0.05) is 31.0 Å². The molecular weight excluding hydrogens is 242 g/mol. The van der Waals surface area contributed by atoms with E-state index in [1.54, 1.807) is 11.8 Å². The minimum absolute atomic E-state index is 0.147. The third kappa shape index (κ3) is 2.33. The molecule has 1 saturated heterocycles. The molecule has 0 aliphatic carbocycles. The second kappa shape index (κ2) is 4.87. The molecule has 0 saturated carbocycles. The molecule has 1 aromatic heterocycles. The summed E-state index contributed by atoms with van der Waals surface area (Å²) in [5, 5.41) is 7.58. The van der Waals surface area contributed by atoms with Crippen molar-refractivity contribution in [1.29, 1.82) is 0 Å². The van der Waals surface area contributed by atoms with Gasteiger partial charge in [0.25, 0.3) is 0 Å². The third-order valence-electron chi connectivity index (χ3n) is 4.27. The SMILES string of the molecule is COc1c(CC2(C(C)C)CCC(=O)N2)c(C)nn1C. The number of carbonyl (C=O) groups excluding carboxylic acids is 1. The number of hydrogen-bond acceptors (Lipinski definition) is 3. The van der Waals surface area contributed by atoms with Crippen molar-refractivity contribution in [3.63, 3.8) is 0 Å². The molecule has 1 aliphatic heterocycles. The molecule has 0 bridgehead atoms. The first-order chi connectivity index (χ1) is 8.89. The molecule has 1 fully saturated rings. The van der Waals surface area contributed by atoms with Crippen molar-refractivity contribution in [1.82, 2.24) is 15.1 Å². The van der Waals surface area contributed by atoms with Gasteiger partial charge in [0.2, 0.25) is 11.8 Å². The molecule has 1 amide bonds. The Labute approximate surface area is 114 Å². The molecule has 1 N–H and O–H groups in total. The predicted octanol–water partition coefficient (Wildman–Crippen LogP) is 1.58. The highest BCUT2D eigenvalue weighted by molar-refractivity contribution is 5.79. The Bertz CT molecular complexity index is 493. The number of aryl methyl sites for hydroxylation is 2. The van der Waals surface area contributed by atoms with Gasteiger partial charge < -0.3 is 10.1 Å². The summed E-state index contributed by atoms with van der Waals surface area (Å²) in [7, 11) is 3.54. The summed E-state index contributed by atoms with van der Waals surface area (Å²) < 4.78 is 7.21. The largest absolute Gasteiger partial charge is 0.481 e. The first-order valence-electron chi connectivity index (χ1n) is 6.77. The van der Waals surface area contributed by atoms with E-state index < -0.39 is 0 Å². The lowest BCUT2D eigenvalue weighted by molar-refractivity contribution is -0.120. The Balaban J connectivity index is 2.35. The maximum atomic E-state index is 11.6. The highest BCUT2D eigenvalue weighted by Crippen LogP contribution is 2.35. The lowest BCUT2D eigenvalue weighted by Gasteiger charge is -2.33. The van der Waals surface area contributed by atoms with Crippen LogP contribution in [-0.4, -0.2) is 28.3 Å². The Kier molecular flexibility index (Phi) is 3.56. The average Bonchev–Trinajstić information content (AvgIpc) is 2.82. The highest BCUT2D eigenvalue weighted by atomic mass is 16.5. The molecule has 5 nitrogen and oxygen atoms in total. The molecule has 0 radical (unpaired) electrons. The number of aromatic nitrogens is 2. The molecule has 1 aromatic rings. The molecule has 1 unspecified atom stereocenters. The summed E-state index contributed by atoms with van der Waals surface area (Å²) in [5.74, 6) is 1.32. The monoisotopic (exact) mass is 265 g/mol. The van der Waals surface area contributed by atoms with E-state index in [2.05, 4.69) is 24.3 Å². The van der Waals surface area contributed by atoms with Crippen LogP contribution in [0, 0.1) is 12.8 Å². The summed E-state index contributed by atoms with van der Waals surface area (Å²) in [4.78, 5) is 11.6. The van der Waals surface area contributed by atoms with Crippen LogP contribution in [0.1, 0.15) is 37.9 Å². The summed E-state index contributed by atoms with van der Waals surface area (Å²) in [6, 6.07) is 0. The van der Waals surface area contributed by atoms with E-state index >= 15 is 0 Å². The Hall–Kier alpha value is -1.52. The van der Waals surface area contributed by atoms with Crippen LogP contribution in [0.3, 0.4) is 0 Å². The number of rotatable bonds is 4. The van der Waals surface area contributed by atoms with Crippen molar-refractivity contribution in [3.05, 3.63) is 11.3 Å². The quantitative estimate of drug-likeness (QED) is 0.899. The van der Waals surface area contributed by atoms with E-state index in [9.17, 15) is 4.79 Å². The van der Waals surface area contributed by atoms with Crippen molar-refractivity contribution in [2.24, 2.45) is 13.0 Å². The Morgan fingerprint density at radius 1 is 1.53 bits per heavy atom. The van der Waals surface area contributed by atoms with E-state index in [1.165, 1.54) is 0 Å². The molecule has 1 atom stereocenters. The van der Waals surface area contributed by atoms with Gasteiger partial charge in [0.15, 0.2) is 0 Å². The molecule has 2 heterocycles. The Morgan fingerprint density at radius 2 is 2.21 bits per heavy atom. The second-order valence-corrected chi connectivity index (χ2v) is 5.73. The van der Waals surface area contributed by atoms with Gasteiger partial charge in [-0.25, -0.2) is 4.68 Å². The van der Waals surface area contributed by atoms with Gasteiger partial charge >= 0.3 is 0 Å². The third-order valence-corrected chi connectivity index (χ3v) is 4.27. The minimum Gasteiger partial charge on any atom is -0.481 e. The number of nitrogens with zero attached hydrogens (tertiary/aromatic N) is 2. The van der Waals surface area contributed by atoms with Crippen LogP contribution in [0.4, 0.5) is 0 Å². The highest BCUT2D eigenvalue weighted by Gasteiger charge is 2.41. The fourth-order valence-electron chi connectivity index (χ4n) is 2.96. The summed E-state index contributed by atoms with van der Waals surface area (Å²) in [6.45, 7) is 6.30. The molecule has 19 heavy (non-hydrogen) atoms. The molecule has 5 heteroatoms. The van der Waals surface area contributed by atoms with Crippen LogP contribution in [-0.2, 0) is 18.3 Å². The van der Waals surface area contributed by atoms with E-state index in [4.69, 9.17) is 4.74 Å². The molecular formula is C14H23N3O2. The summed E-state index contributed by atoms with van der Waals surface area (Å²) in [6.07, 6.45) is 2.26. The zero-order valence-electron chi connectivity index (χ0n) is 12.4. The van der Waals surface area contributed by atoms with Crippen LogP contribution >= 0.6 is 0 Å². The van der Waals surface area contributed by atoms with Gasteiger partial charge in [-0.3, -0.25) is 4.79 Å². The number of methoxy groups -OCH3 is 1. The number of carbonyl (C=O) groups is 1. The summed E-state index contributed by atoms with van der Waals surface area (Å²) in [5.41, 5.74) is 1.90. The van der Waals surface area contributed by atoms with E-state index in [0.717, 1.165) is 30.0 Å². The first kappa shape index (κ1) is 13.9. The standard InChI is InChI=1S/C14H23N3O2/c1-9(2)14(7-6-12(18)15-14)8-11-10(3)16-17(4)13(11)19-5/h9H,6-8H2,1-5H3,(H,15,18). The number of nitrogens with one attached hydrogen (secondary N) is 1. The predicted molar refractivity (Wildman–Crippen MR) is 73.1 cm³/mol. The lowest BCUT2D eigenvalue weighted by atomic mass is 9.80. The smallest absolute Gasteiger partial charge is 0.220 e. The normalized spacial score (nSPS) is 22.9. The number of amides is 1. The fraction of sp³-hybridized carbons (Fsp3) is 0.714. The van der Waals surface area contributed by atoms with Gasteiger partial charge in [-0.1, -0.05) is 13.8 Å². The van der Waals surface area contributed by atoms with Crippen LogP contribution in [0.2, 0.25) is 0 Å². The summed E-state index contributed by atoms with van der Waals surface area (Å²) >= 11 is 0. The number of ether oxygens (including phenoxy) is 1. The molecule has 0 aromatic carbocycles. The van der Waals surface area contributed by atoms with Gasteiger partial charge in [-0.2, -0.15) is 5.10 Å². The maximum absolute atomic E-state index is 11.6. The first-order valence-corrected chi connectivity index (χ1v) is 6.77. The van der Waals surface area contributed by atoms with Crippen LogP contribution < -0.4 is 10.1 Å². The number of hydrogen-bond donors (Lipinski definition) is 1. The second-order valence-electron chi connectivity index (χ2n) is 5.73. The molecule has 2 rings (SSSR count). The average molecular weight is 265 g/mol. The zero-order valence-corrected chi connectivity index (χ0v) is 12.4. The lowest BCUT2D eigenvalue weighted by Crippen LogP contribution is -2.48.